The standard InChI is InChI=1S/C22H25NO4/c24-20(23-13-11-22(27,12-14-23)21(25)26)16-19(18-9-5-2-6-10-18)15-17-7-3-1-4-8-17/h1-10,19,27H,11-16H2,(H,25,26). The third-order valence-corrected chi connectivity index (χ3v) is 5.36. The Hall–Kier alpha value is -2.66. The molecule has 1 unspecified atom stereocenters. The predicted molar refractivity (Wildman–Crippen MR) is 102 cm³/mol. The molecule has 27 heavy (non-hydrogen) atoms. The summed E-state index contributed by atoms with van der Waals surface area (Å²) < 4.78 is 0. The first kappa shape index (κ1) is 19.1. The van der Waals surface area contributed by atoms with Crippen LogP contribution in [0.25, 0.3) is 0 Å². The number of nitrogens with zero attached hydrogens (tertiary/aromatic N) is 1. The predicted octanol–water partition coefficient (Wildman–Crippen LogP) is 2.84. The highest BCUT2D eigenvalue weighted by molar-refractivity contribution is 5.80. The number of benzene rings is 2. The fourth-order valence-corrected chi connectivity index (χ4v) is 3.61. The molecule has 5 nitrogen and oxygen atoms in total. The Balaban J connectivity index is 1.69. The van der Waals surface area contributed by atoms with Crippen LogP contribution in [0.2, 0.25) is 0 Å². The number of likely N-dealkylation sites (tertiary alicyclic amines) is 1. The van der Waals surface area contributed by atoms with E-state index in [1.54, 1.807) is 4.90 Å². The molecule has 2 aromatic carbocycles. The number of carbonyl (C=O) groups excluding carboxylic acids is 1. The van der Waals surface area contributed by atoms with Crippen LogP contribution in [0.3, 0.4) is 0 Å². The molecule has 3 rings (SSSR count). The van der Waals surface area contributed by atoms with Crippen LogP contribution in [-0.4, -0.2) is 45.7 Å². The van der Waals surface area contributed by atoms with Gasteiger partial charge in [0.15, 0.2) is 5.60 Å². The molecule has 142 valence electrons. The Labute approximate surface area is 159 Å². The Kier molecular flexibility index (Phi) is 5.91. The number of amides is 1. The van der Waals surface area contributed by atoms with Gasteiger partial charge in [-0.2, -0.15) is 0 Å². The van der Waals surface area contributed by atoms with Gasteiger partial charge in [-0.25, -0.2) is 4.79 Å². The van der Waals surface area contributed by atoms with Crippen molar-refractivity contribution in [2.24, 2.45) is 0 Å². The van der Waals surface area contributed by atoms with Gasteiger partial charge in [0, 0.05) is 32.4 Å². The molecule has 0 bridgehead atoms. The van der Waals surface area contributed by atoms with Crippen molar-refractivity contribution in [2.75, 3.05) is 13.1 Å². The number of piperidine rings is 1. The lowest BCUT2D eigenvalue weighted by Gasteiger charge is -2.36. The molecule has 0 saturated carbocycles. The Morgan fingerprint density at radius 2 is 1.52 bits per heavy atom. The van der Waals surface area contributed by atoms with Gasteiger partial charge in [-0.15, -0.1) is 0 Å². The third-order valence-electron chi connectivity index (χ3n) is 5.36. The molecule has 1 aliphatic rings. The maximum absolute atomic E-state index is 12.8. The molecule has 0 radical (unpaired) electrons. The molecule has 0 aromatic heterocycles. The molecule has 0 spiro atoms. The second-order valence-electron chi connectivity index (χ2n) is 7.22. The van der Waals surface area contributed by atoms with E-state index in [9.17, 15) is 14.7 Å². The van der Waals surface area contributed by atoms with Crippen molar-refractivity contribution in [3.8, 4) is 0 Å². The summed E-state index contributed by atoms with van der Waals surface area (Å²) in [5.41, 5.74) is 0.589. The summed E-state index contributed by atoms with van der Waals surface area (Å²) >= 11 is 0. The lowest BCUT2D eigenvalue weighted by molar-refractivity contribution is -0.165. The van der Waals surface area contributed by atoms with Gasteiger partial charge in [0.25, 0.3) is 0 Å². The summed E-state index contributed by atoms with van der Waals surface area (Å²) in [7, 11) is 0. The SMILES string of the molecule is O=C(CC(Cc1ccccc1)c1ccccc1)N1CCC(O)(C(=O)O)CC1. The molecule has 0 aliphatic carbocycles. The van der Waals surface area contributed by atoms with Crippen LogP contribution in [0.1, 0.15) is 36.3 Å². The van der Waals surface area contributed by atoms with Gasteiger partial charge in [0.1, 0.15) is 0 Å². The van der Waals surface area contributed by atoms with Crippen LogP contribution in [0, 0.1) is 0 Å². The second kappa shape index (κ2) is 8.35. The van der Waals surface area contributed by atoms with Crippen molar-refractivity contribution in [1.29, 1.82) is 0 Å². The number of aliphatic carboxylic acids is 1. The van der Waals surface area contributed by atoms with Crippen molar-refractivity contribution in [2.45, 2.75) is 37.2 Å². The average Bonchev–Trinajstić information content (AvgIpc) is 2.69. The maximum atomic E-state index is 12.8. The zero-order valence-corrected chi connectivity index (χ0v) is 15.3. The van der Waals surface area contributed by atoms with Crippen molar-refractivity contribution < 1.29 is 19.8 Å². The molecule has 5 heteroatoms. The molecule has 1 heterocycles. The molecule has 1 atom stereocenters. The summed E-state index contributed by atoms with van der Waals surface area (Å²) in [6.45, 7) is 0.545. The highest BCUT2D eigenvalue weighted by Gasteiger charge is 2.40. The summed E-state index contributed by atoms with van der Waals surface area (Å²) in [5, 5.41) is 19.2. The lowest BCUT2D eigenvalue weighted by Crippen LogP contribution is -2.51. The van der Waals surface area contributed by atoms with Gasteiger partial charge >= 0.3 is 5.97 Å². The first-order valence-corrected chi connectivity index (χ1v) is 9.30. The highest BCUT2D eigenvalue weighted by Crippen LogP contribution is 2.28. The maximum Gasteiger partial charge on any atom is 0.335 e. The van der Waals surface area contributed by atoms with E-state index in [1.165, 1.54) is 5.56 Å². The smallest absolute Gasteiger partial charge is 0.335 e. The van der Waals surface area contributed by atoms with Crippen LogP contribution in [0.15, 0.2) is 60.7 Å². The Bertz CT molecular complexity index is 767. The van der Waals surface area contributed by atoms with E-state index < -0.39 is 11.6 Å². The number of carbonyl (C=O) groups is 2. The summed E-state index contributed by atoms with van der Waals surface area (Å²) in [6.07, 6.45) is 1.28. The van der Waals surface area contributed by atoms with Crippen molar-refractivity contribution in [1.82, 2.24) is 4.90 Å². The monoisotopic (exact) mass is 367 g/mol. The van der Waals surface area contributed by atoms with Crippen LogP contribution in [0.4, 0.5) is 0 Å². The van der Waals surface area contributed by atoms with Crippen LogP contribution < -0.4 is 0 Å². The minimum absolute atomic E-state index is 0.00669. The number of aliphatic hydroxyl groups is 1. The quantitative estimate of drug-likeness (QED) is 0.823. The molecule has 1 aliphatic heterocycles. The van der Waals surface area contributed by atoms with Gasteiger partial charge in [0.2, 0.25) is 5.91 Å². The summed E-state index contributed by atoms with van der Waals surface area (Å²) in [6, 6.07) is 20.1. The molecular weight excluding hydrogens is 342 g/mol. The molecule has 2 aromatic rings. The minimum atomic E-state index is -1.71. The number of hydrogen-bond acceptors (Lipinski definition) is 3. The van der Waals surface area contributed by atoms with Gasteiger partial charge in [-0.3, -0.25) is 4.79 Å². The van der Waals surface area contributed by atoms with E-state index >= 15 is 0 Å². The van der Waals surface area contributed by atoms with E-state index in [4.69, 9.17) is 5.11 Å². The van der Waals surface area contributed by atoms with Gasteiger partial charge in [-0.05, 0) is 23.5 Å². The first-order valence-electron chi connectivity index (χ1n) is 9.30. The number of rotatable bonds is 6. The van der Waals surface area contributed by atoms with Crippen LogP contribution >= 0.6 is 0 Å². The third kappa shape index (κ3) is 4.74. The Morgan fingerprint density at radius 3 is 2.07 bits per heavy atom. The van der Waals surface area contributed by atoms with Crippen molar-refractivity contribution >= 4 is 11.9 Å². The Morgan fingerprint density at radius 1 is 0.963 bits per heavy atom. The van der Waals surface area contributed by atoms with E-state index in [-0.39, 0.29) is 37.8 Å². The zero-order valence-electron chi connectivity index (χ0n) is 15.3. The fourth-order valence-electron chi connectivity index (χ4n) is 3.61. The second-order valence-corrected chi connectivity index (χ2v) is 7.22. The van der Waals surface area contributed by atoms with Crippen LogP contribution in [-0.2, 0) is 16.0 Å². The van der Waals surface area contributed by atoms with Gasteiger partial charge in [-0.1, -0.05) is 60.7 Å². The highest BCUT2D eigenvalue weighted by atomic mass is 16.4. The van der Waals surface area contributed by atoms with Gasteiger partial charge in [0.05, 0.1) is 0 Å². The molecular formula is C22H25NO4. The zero-order chi connectivity index (χ0) is 19.3. The van der Waals surface area contributed by atoms with Crippen molar-refractivity contribution in [3.63, 3.8) is 0 Å². The van der Waals surface area contributed by atoms with E-state index in [1.807, 2.05) is 48.5 Å². The summed E-state index contributed by atoms with van der Waals surface area (Å²) in [4.78, 5) is 25.7. The fraction of sp³-hybridized carbons (Fsp3) is 0.364. The molecule has 1 saturated heterocycles. The first-order chi connectivity index (χ1) is 13.0. The number of carboxylic acid groups (broad SMARTS) is 1. The number of carboxylic acids is 1. The van der Waals surface area contributed by atoms with Gasteiger partial charge < -0.3 is 15.1 Å². The minimum Gasteiger partial charge on any atom is -0.479 e. The molecule has 2 N–H and O–H groups in total. The topological polar surface area (TPSA) is 77.8 Å². The van der Waals surface area contributed by atoms with E-state index in [0.29, 0.717) is 6.42 Å². The largest absolute Gasteiger partial charge is 0.479 e. The number of hydrogen-bond donors (Lipinski definition) is 2. The van der Waals surface area contributed by atoms with E-state index in [0.717, 1.165) is 12.0 Å². The lowest BCUT2D eigenvalue weighted by atomic mass is 9.87. The normalized spacial score (nSPS) is 17.3. The van der Waals surface area contributed by atoms with E-state index in [2.05, 4.69) is 12.1 Å². The molecule has 1 amide bonds. The van der Waals surface area contributed by atoms with Crippen LogP contribution in [0.5, 0.6) is 0 Å². The average molecular weight is 367 g/mol. The van der Waals surface area contributed by atoms with Crippen molar-refractivity contribution in [3.05, 3.63) is 71.8 Å². The summed E-state index contributed by atoms with van der Waals surface area (Å²) in [5.74, 6) is -1.14. The molecule has 1 fully saturated rings.